The van der Waals surface area contributed by atoms with E-state index < -0.39 is 31.4 Å². The molecule has 0 bridgehead atoms. The Morgan fingerprint density at radius 2 is 1.97 bits per heavy atom. The number of nitro groups is 1. The second-order valence-electron chi connectivity index (χ2n) is 7.81. The summed E-state index contributed by atoms with van der Waals surface area (Å²) < 4.78 is 40.7. The van der Waals surface area contributed by atoms with E-state index in [2.05, 4.69) is 15.1 Å². The van der Waals surface area contributed by atoms with Gasteiger partial charge < -0.3 is 14.8 Å². The quantitative estimate of drug-likeness (QED) is 0.196. The van der Waals surface area contributed by atoms with E-state index >= 15 is 0 Å². The minimum absolute atomic E-state index is 0.0277. The van der Waals surface area contributed by atoms with Gasteiger partial charge in [0, 0.05) is 42.9 Å². The summed E-state index contributed by atoms with van der Waals surface area (Å²) in [5.74, 6) is -0.659. The summed E-state index contributed by atoms with van der Waals surface area (Å²) in [7, 11) is -2.67. The number of carbonyl (C=O) groups excluding carboxylic acids is 1. The zero-order valence-corrected chi connectivity index (χ0v) is 21.9. The maximum absolute atomic E-state index is 13.0. The Kier molecular flexibility index (Phi) is 9.21. The number of rotatable bonds is 12. The van der Waals surface area contributed by atoms with Crippen LogP contribution in [0.25, 0.3) is 5.69 Å². The number of nitrogens with zero attached hydrogens (tertiary/aromatic N) is 3. The van der Waals surface area contributed by atoms with Gasteiger partial charge in [0.05, 0.1) is 17.2 Å². The molecule has 37 heavy (non-hydrogen) atoms. The van der Waals surface area contributed by atoms with Crippen molar-refractivity contribution in [2.24, 2.45) is 0 Å². The number of hydrogen-bond donors (Lipinski definition) is 2. The first-order valence-corrected chi connectivity index (χ1v) is 13.0. The molecule has 0 fully saturated rings. The molecule has 0 spiro atoms. The molecule has 14 heteroatoms. The minimum Gasteiger partial charge on any atom is -0.437 e. The van der Waals surface area contributed by atoms with Gasteiger partial charge in [0.1, 0.15) is 10.6 Å². The highest BCUT2D eigenvalue weighted by Gasteiger charge is 2.27. The van der Waals surface area contributed by atoms with E-state index in [0.717, 1.165) is 12.1 Å². The van der Waals surface area contributed by atoms with Gasteiger partial charge in [-0.3, -0.25) is 14.9 Å². The number of non-ortho nitro benzene ring substituents is 1. The average Bonchev–Trinajstić information content (AvgIpc) is 3.19. The molecule has 0 aliphatic heterocycles. The van der Waals surface area contributed by atoms with Crippen molar-refractivity contribution < 1.29 is 27.6 Å². The lowest BCUT2D eigenvalue weighted by atomic mass is 10.2. The predicted octanol–water partition coefficient (Wildman–Crippen LogP) is 3.60. The van der Waals surface area contributed by atoms with Crippen molar-refractivity contribution in [3.05, 3.63) is 68.9 Å². The normalized spacial score (nSPS) is 11.4. The Labute approximate surface area is 218 Å². The topological polar surface area (TPSA) is 155 Å². The number of halogens is 1. The van der Waals surface area contributed by atoms with E-state index in [1.165, 1.54) is 17.9 Å². The molecule has 0 atom stereocenters. The van der Waals surface area contributed by atoms with Crippen LogP contribution < -0.4 is 14.8 Å². The highest BCUT2D eigenvalue weighted by atomic mass is 35.5. The number of methoxy groups -OCH3 is 1. The van der Waals surface area contributed by atoms with Crippen molar-refractivity contribution in [1.29, 1.82) is 0 Å². The number of amides is 1. The first-order chi connectivity index (χ1) is 17.6. The average molecular weight is 552 g/mol. The van der Waals surface area contributed by atoms with Crippen molar-refractivity contribution in [2.75, 3.05) is 26.8 Å². The summed E-state index contributed by atoms with van der Waals surface area (Å²) >= 11 is 6.16. The molecule has 1 amide bonds. The standard InChI is InChI=1S/C23H26ClN5O7S/c1-4-10-26-37(33,34)20-14-18(29(31)32)8-9-19(20)36-23-15(2)21(22(30)25-11-12-35-3)27-28(23)17-7-5-6-16(24)13-17/h5-9,13-14,26H,4,10-12H2,1-3H3,(H,25,30). The van der Waals surface area contributed by atoms with E-state index in [1.807, 2.05) is 0 Å². The summed E-state index contributed by atoms with van der Waals surface area (Å²) in [5.41, 5.74) is 0.346. The van der Waals surface area contributed by atoms with Crippen LogP contribution in [0.4, 0.5) is 5.69 Å². The van der Waals surface area contributed by atoms with E-state index in [0.29, 0.717) is 22.7 Å². The van der Waals surface area contributed by atoms with Gasteiger partial charge in [0.15, 0.2) is 5.69 Å². The Morgan fingerprint density at radius 1 is 1.22 bits per heavy atom. The molecule has 1 aromatic heterocycles. The molecule has 0 radical (unpaired) electrons. The summed E-state index contributed by atoms with van der Waals surface area (Å²) in [6, 6.07) is 9.82. The fourth-order valence-electron chi connectivity index (χ4n) is 3.27. The smallest absolute Gasteiger partial charge is 0.272 e. The molecule has 2 aromatic carbocycles. The molecule has 1 heterocycles. The molecule has 3 aromatic rings. The largest absolute Gasteiger partial charge is 0.437 e. The van der Waals surface area contributed by atoms with E-state index in [4.69, 9.17) is 21.1 Å². The van der Waals surface area contributed by atoms with Gasteiger partial charge in [-0.1, -0.05) is 24.6 Å². The van der Waals surface area contributed by atoms with Crippen molar-refractivity contribution in [2.45, 2.75) is 25.2 Å². The highest BCUT2D eigenvalue weighted by molar-refractivity contribution is 7.89. The molecular formula is C23H26ClN5O7S. The predicted molar refractivity (Wildman–Crippen MR) is 136 cm³/mol. The van der Waals surface area contributed by atoms with Crippen LogP contribution in [0.3, 0.4) is 0 Å². The van der Waals surface area contributed by atoms with Crippen LogP contribution in [-0.4, -0.2) is 55.8 Å². The molecule has 0 aliphatic carbocycles. The summed E-state index contributed by atoms with van der Waals surface area (Å²) in [6.07, 6.45) is 0.506. The number of hydrogen-bond acceptors (Lipinski definition) is 8. The fourth-order valence-corrected chi connectivity index (χ4v) is 4.74. The maximum atomic E-state index is 13.0. The molecule has 0 unspecified atom stereocenters. The lowest BCUT2D eigenvalue weighted by Crippen LogP contribution is -2.27. The van der Waals surface area contributed by atoms with Crippen LogP contribution in [-0.2, 0) is 14.8 Å². The van der Waals surface area contributed by atoms with Crippen LogP contribution >= 0.6 is 11.6 Å². The number of ether oxygens (including phenoxy) is 2. The number of sulfonamides is 1. The van der Waals surface area contributed by atoms with Gasteiger partial charge in [0.2, 0.25) is 15.9 Å². The first-order valence-electron chi connectivity index (χ1n) is 11.2. The summed E-state index contributed by atoms with van der Waals surface area (Å²) in [5, 5.41) is 18.8. The highest BCUT2D eigenvalue weighted by Crippen LogP contribution is 2.36. The molecule has 0 saturated heterocycles. The number of nitro benzene ring substituents is 1. The van der Waals surface area contributed by atoms with Crippen molar-refractivity contribution in [3.63, 3.8) is 0 Å². The summed E-state index contributed by atoms with van der Waals surface area (Å²) in [4.78, 5) is 23.0. The zero-order valence-electron chi connectivity index (χ0n) is 20.4. The molecule has 2 N–H and O–H groups in total. The van der Waals surface area contributed by atoms with E-state index in [9.17, 15) is 23.3 Å². The minimum atomic E-state index is -4.17. The third kappa shape index (κ3) is 6.63. The van der Waals surface area contributed by atoms with Gasteiger partial charge in [-0.2, -0.15) is 9.78 Å². The zero-order chi connectivity index (χ0) is 27.2. The molecule has 0 saturated carbocycles. The number of nitrogens with one attached hydrogen (secondary N) is 2. The van der Waals surface area contributed by atoms with Crippen molar-refractivity contribution >= 4 is 33.2 Å². The van der Waals surface area contributed by atoms with Crippen LogP contribution in [0.15, 0.2) is 47.4 Å². The SMILES string of the molecule is CCCNS(=O)(=O)c1cc([N+](=O)[O-])ccc1Oc1c(C)c(C(=O)NCCOC)nn1-c1cccc(Cl)c1. The van der Waals surface area contributed by atoms with Gasteiger partial charge in [0.25, 0.3) is 11.6 Å². The second kappa shape index (κ2) is 12.1. The van der Waals surface area contributed by atoms with Crippen LogP contribution in [0.5, 0.6) is 11.6 Å². The lowest BCUT2D eigenvalue weighted by molar-refractivity contribution is -0.385. The van der Waals surface area contributed by atoms with Gasteiger partial charge in [-0.25, -0.2) is 13.1 Å². The van der Waals surface area contributed by atoms with Crippen molar-refractivity contribution in [3.8, 4) is 17.3 Å². The number of aromatic nitrogens is 2. The van der Waals surface area contributed by atoms with Crippen LogP contribution in [0.1, 0.15) is 29.4 Å². The maximum Gasteiger partial charge on any atom is 0.272 e. The molecular weight excluding hydrogens is 526 g/mol. The van der Waals surface area contributed by atoms with E-state index in [-0.39, 0.29) is 37.0 Å². The lowest BCUT2D eigenvalue weighted by Gasteiger charge is -2.14. The van der Waals surface area contributed by atoms with Gasteiger partial charge >= 0.3 is 0 Å². The fraction of sp³-hybridized carbons (Fsp3) is 0.304. The molecule has 3 rings (SSSR count). The Bertz CT molecular complexity index is 1410. The van der Waals surface area contributed by atoms with E-state index in [1.54, 1.807) is 38.1 Å². The number of carbonyl (C=O) groups is 1. The molecule has 0 aliphatic rings. The van der Waals surface area contributed by atoms with Gasteiger partial charge in [-0.15, -0.1) is 0 Å². The Morgan fingerprint density at radius 3 is 2.62 bits per heavy atom. The summed E-state index contributed by atoms with van der Waals surface area (Å²) in [6.45, 7) is 4.01. The van der Waals surface area contributed by atoms with Crippen LogP contribution in [0.2, 0.25) is 5.02 Å². The monoisotopic (exact) mass is 551 g/mol. The molecule has 12 nitrogen and oxygen atoms in total. The van der Waals surface area contributed by atoms with Crippen molar-refractivity contribution in [1.82, 2.24) is 19.8 Å². The third-order valence-electron chi connectivity index (χ3n) is 5.10. The Balaban J connectivity index is 2.16. The number of benzene rings is 2. The first kappa shape index (κ1) is 28.1. The third-order valence-corrected chi connectivity index (χ3v) is 6.82. The van der Waals surface area contributed by atoms with Gasteiger partial charge in [-0.05, 0) is 37.6 Å². The Hall–Kier alpha value is -3.52. The molecule has 198 valence electrons. The second-order valence-corrected chi connectivity index (χ2v) is 9.98. The van der Waals surface area contributed by atoms with Crippen LogP contribution in [0, 0.1) is 17.0 Å².